The number of aromatic nitrogens is 2. The van der Waals surface area contributed by atoms with E-state index in [1.807, 2.05) is 18.2 Å². The van der Waals surface area contributed by atoms with Crippen molar-refractivity contribution in [3.05, 3.63) is 53.3 Å². The average Bonchev–Trinajstić information content (AvgIpc) is 3.09. The van der Waals surface area contributed by atoms with Gasteiger partial charge in [-0.2, -0.15) is 0 Å². The summed E-state index contributed by atoms with van der Waals surface area (Å²) >= 11 is 0. The van der Waals surface area contributed by atoms with Crippen molar-refractivity contribution in [3.63, 3.8) is 0 Å². The zero-order valence-corrected chi connectivity index (χ0v) is 18.3. The predicted octanol–water partition coefficient (Wildman–Crippen LogP) is 3.48. The molecule has 7 nitrogen and oxygen atoms in total. The van der Waals surface area contributed by atoms with Crippen molar-refractivity contribution in [2.45, 2.75) is 43.5 Å². The van der Waals surface area contributed by atoms with Gasteiger partial charge in [0.05, 0.1) is 29.3 Å². The molecule has 3 aromatic rings. The van der Waals surface area contributed by atoms with Crippen LogP contribution in [0.25, 0.3) is 10.9 Å². The van der Waals surface area contributed by atoms with Gasteiger partial charge in [-0.05, 0) is 51.1 Å². The molecule has 8 heteroatoms. The van der Waals surface area contributed by atoms with Gasteiger partial charge in [0.1, 0.15) is 0 Å². The number of nitrogens with zero attached hydrogens (tertiary/aromatic N) is 2. The normalized spacial score (nSPS) is 14.6. The second-order valence-electron chi connectivity index (χ2n) is 8.48. The highest BCUT2D eigenvalue weighted by molar-refractivity contribution is 7.92. The van der Waals surface area contributed by atoms with E-state index in [9.17, 15) is 13.2 Å². The van der Waals surface area contributed by atoms with E-state index in [0.29, 0.717) is 12.1 Å². The fourth-order valence-corrected chi connectivity index (χ4v) is 4.78. The molecule has 1 aromatic carbocycles. The number of hydrogen-bond acceptors (Lipinski definition) is 6. The van der Waals surface area contributed by atoms with Crippen molar-refractivity contribution in [1.29, 1.82) is 0 Å². The van der Waals surface area contributed by atoms with Crippen LogP contribution in [0.15, 0.2) is 41.6 Å². The number of ether oxygens (including phenoxy) is 1. The van der Waals surface area contributed by atoms with Gasteiger partial charge in [-0.15, -0.1) is 0 Å². The van der Waals surface area contributed by atoms with E-state index in [1.165, 1.54) is 7.11 Å². The number of methoxy groups -OCH3 is 1. The van der Waals surface area contributed by atoms with E-state index in [1.54, 1.807) is 39.1 Å². The summed E-state index contributed by atoms with van der Waals surface area (Å²) in [6.45, 7) is 6.45. The van der Waals surface area contributed by atoms with Crippen molar-refractivity contribution in [1.82, 2.24) is 9.97 Å². The number of H-pyrrole nitrogens is 1. The molecule has 0 unspecified atom stereocenters. The molecule has 3 heterocycles. The Kier molecular flexibility index (Phi) is 4.85. The third-order valence-electron chi connectivity index (χ3n) is 5.56. The SMILES string of the molecule is COC(=O)c1ccc2[nH]c3c(c2c1)CN(c1ccc(S(=O)(=O)C(C)(C)C)nc1)CC3. The molecule has 0 fully saturated rings. The Bertz CT molecular complexity index is 1220. The summed E-state index contributed by atoms with van der Waals surface area (Å²) in [7, 11) is -2.11. The summed E-state index contributed by atoms with van der Waals surface area (Å²) in [6, 6.07) is 8.91. The maximum absolute atomic E-state index is 12.6. The van der Waals surface area contributed by atoms with Crippen LogP contribution in [0.3, 0.4) is 0 Å². The summed E-state index contributed by atoms with van der Waals surface area (Å²) in [6.07, 6.45) is 2.44. The van der Waals surface area contributed by atoms with Crippen LogP contribution in [-0.2, 0) is 27.5 Å². The van der Waals surface area contributed by atoms with Crippen molar-refractivity contribution in [2.75, 3.05) is 18.6 Å². The number of sulfone groups is 1. The van der Waals surface area contributed by atoms with Crippen LogP contribution in [0.1, 0.15) is 42.4 Å². The van der Waals surface area contributed by atoms with E-state index < -0.39 is 14.6 Å². The fraction of sp³-hybridized carbons (Fsp3) is 0.364. The van der Waals surface area contributed by atoms with E-state index in [2.05, 4.69) is 14.9 Å². The molecule has 4 rings (SSSR count). The summed E-state index contributed by atoms with van der Waals surface area (Å²) in [5.74, 6) is -0.362. The molecule has 0 atom stereocenters. The molecule has 0 amide bonds. The Labute approximate surface area is 176 Å². The minimum atomic E-state index is -3.49. The number of pyridine rings is 1. The molecule has 0 radical (unpaired) electrons. The first-order valence-corrected chi connectivity index (χ1v) is 11.3. The number of fused-ring (bicyclic) bond motifs is 3. The van der Waals surface area contributed by atoms with Crippen LogP contribution in [0.5, 0.6) is 0 Å². The minimum Gasteiger partial charge on any atom is -0.465 e. The molecule has 2 aromatic heterocycles. The lowest BCUT2D eigenvalue weighted by atomic mass is 10.0. The van der Waals surface area contributed by atoms with Crippen LogP contribution in [0, 0.1) is 0 Å². The van der Waals surface area contributed by atoms with Crippen molar-refractivity contribution >= 4 is 32.4 Å². The third-order valence-corrected chi connectivity index (χ3v) is 7.97. The minimum absolute atomic E-state index is 0.0891. The number of hydrogen-bond donors (Lipinski definition) is 1. The van der Waals surface area contributed by atoms with E-state index in [4.69, 9.17) is 4.74 Å². The molecule has 0 saturated heterocycles. The number of rotatable bonds is 3. The Morgan fingerprint density at radius 2 is 1.97 bits per heavy atom. The van der Waals surface area contributed by atoms with Gasteiger partial charge < -0.3 is 14.6 Å². The topological polar surface area (TPSA) is 92.4 Å². The Morgan fingerprint density at radius 1 is 1.20 bits per heavy atom. The van der Waals surface area contributed by atoms with Gasteiger partial charge in [0, 0.05) is 41.7 Å². The summed E-state index contributed by atoms with van der Waals surface area (Å²) < 4.78 is 29.2. The maximum atomic E-state index is 12.6. The lowest BCUT2D eigenvalue weighted by Crippen LogP contribution is -2.31. The Hall–Kier alpha value is -2.87. The predicted molar refractivity (Wildman–Crippen MR) is 116 cm³/mol. The number of esters is 1. The monoisotopic (exact) mass is 427 g/mol. The van der Waals surface area contributed by atoms with Crippen molar-refractivity contribution in [3.8, 4) is 0 Å². The number of nitrogens with one attached hydrogen (secondary N) is 1. The van der Waals surface area contributed by atoms with Crippen molar-refractivity contribution in [2.24, 2.45) is 0 Å². The van der Waals surface area contributed by atoms with Crippen LogP contribution in [0.2, 0.25) is 0 Å². The highest BCUT2D eigenvalue weighted by atomic mass is 32.2. The lowest BCUT2D eigenvalue weighted by molar-refractivity contribution is 0.0601. The van der Waals surface area contributed by atoms with E-state index in [-0.39, 0.29) is 11.0 Å². The first-order chi connectivity index (χ1) is 14.1. The number of carbonyl (C=O) groups excluding carboxylic acids is 1. The first kappa shape index (κ1) is 20.4. The number of carbonyl (C=O) groups is 1. The van der Waals surface area contributed by atoms with Gasteiger partial charge >= 0.3 is 5.97 Å². The van der Waals surface area contributed by atoms with Gasteiger partial charge in [-0.25, -0.2) is 18.2 Å². The third kappa shape index (κ3) is 3.35. The molecule has 30 heavy (non-hydrogen) atoms. The van der Waals surface area contributed by atoms with Gasteiger partial charge in [0.2, 0.25) is 0 Å². The highest BCUT2D eigenvalue weighted by Gasteiger charge is 2.32. The largest absolute Gasteiger partial charge is 0.465 e. The smallest absolute Gasteiger partial charge is 0.337 e. The quantitative estimate of drug-likeness (QED) is 0.644. The lowest BCUT2D eigenvalue weighted by Gasteiger charge is -2.29. The van der Waals surface area contributed by atoms with Gasteiger partial charge in [-0.1, -0.05) is 0 Å². The van der Waals surface area contributed by atoms with Crippen molar-refractivity contribution < 1.29 is 17.9 Å². The zero-order valence-electron chi connectivity index (χ0n) is 17.5. The molecule has 0 bridgehead atoms. The molecule has 1 N–H and O–H groups in total. The molecule has 1 aliphatic heterocycles. The standard InChI is InChI=1S/C22H25N3O4S/c1-22(2,3)30(27,28)20-8-6-15(12-23-20)25-10-9-19-17(13-25)16-11-14(21(26)29-4)5-7-18(16)24-19/h5-8,11-12,24H,9-10,13H2,1-4H3. The molecule has 1 aliphatic rings. The molecular formula is C22H25N3O4S. The summed E-state index contributed by atoms with van der Waals surface area (Å²) in [5, 5.41) is 1.09. The molecule has 158 valence electrons. The van der Waals surface area contributed by atoms with Gasteiger partial charge in [-0.3, -0.25) is 0 Å². The van der Waals surface area contributed by atoms with E-state index >= 15 is 0 Å². The Morgan fingerprint density at radius 3 is 2.60 bits per heavy atom. The number of benzene rings is 1. The Balaban J connectivity index is 1.65. The van der Waals surface area contributed by atoms with E-state index in [0.717, 1.165) is 40.8 Å². The van der Waals surface area contributed by atoms with Crippen LogP contribution in [0.4, 0.5) is 5.69 Å². The second-order valence-corrected chi connectivity index (χ2v) is 11.1. The summed E-state index contributed by atoms with van der Waals surface area (Å²) in [5.41, 5.74) is 4.66. The number of aromatic amines is 1. The molecular weight excluding hydrogens is 402 g/mol. The van der Waals surface area contributed by atoms with Crippen LogP contribution in [-0.4, -0.2) is 42.8 Å². The van der Waals surface area contributed by atoms with Gasteiger partial charge in [0.15, 0.2) is 14.9 Å². The molecule has 0 spiro atoms. The first-order valence-electron chi connectivity index (χ1n) is 9.79. The maximum Gasteiger partial charge on any atom is 0.337 e. The molecule has 0 saturated carbocycles. The zero-order chi connectivity index (χ0) is 21.7. The average molecular weight is 428 g/mol. The number of anilines is 1. The highest BCUT2D eigenvalue weighted by Crippen LogP contribution is 2.32. The van der Waals surface area contributed by atoms with Crippen LogP contribution >= 0.6 is 0 Å². The fourth-order valence-electron chi connectivity index (χ4n) is 3.71. The second kappa shape index (κ2) is 7.12. The molecule has 0 aliphatic carbocycles. The van der Waals surface area contributed by atoms with Crippen LogP contribution < -0.4 is 4.90 Å². The summed E-state index contributed by atoms with van der Waals surface area (Å²) in [4.78, 5) is 21.8. The van der Waals surface area contributed by atoms with Gasteiger partial charge in [0.25, 0.3) is 0 Å².